The van der Waals surface area contributed by atoms with Gasteiger partial charge in [0.2, 0.25) is 0 Å². The molecule has 3 rings (SSSR count). The molecule has 0 bridgehead atoms. The average molecular weight is 226 g/mol. The van der Waals surface area contributed by atoms with Crippen LogP contribution in [0.1, 0.15) is 24.0 Å². The number of hydrogen-bond acceptors (Lipinski definition) is 2. The maximum Gasteiger partial charge on any atom is 0.0343 e. The van der Waals surface area contributed by atoms with Gasteiger partial charge < -0.3 is 5.32 Å². The lowest BCUT2D eigenvalue weighted by Gasteiger charge is -2.25. The number of nitrogens with one attached hydrogen (secondary N) is 1. The zero-order valence-electron chi connectivity index (χ0n) is 10.0. The van der Waals surface area contributed by atoms with Crippen LogP contribution in [0.2, 0.25) is 0 Å². The Hall–Kier alpha value is -1.41. The van der Waals surface area contributed by atoms with Crippen LogP contribution in [-0.2, 0) is 0 Å². The van der Waals surface area contributed by atoms with E-state index in [4.69, 9.17) is 0 Å². The van der Waals surface area contributed by atoms with Gasteiger partial charge in [0.25, 0.3) is 0 Å². The molecule has 1 aliphatic heterocycles. The summed E-state index contributed by atoms with van der Waals surface area (Å²) in [7, 11) is 0. The molecular formula is C15H18N2. The van der Waals surface area contributed by atoms with E-state index in [1.54, 1.807) is 0 Å². The number of piperidine rings is 1. The molecule has 88 valence electrons. The molecule has 1 aromatic rings. The van der Waals surface area contributed by atoms with Gasteiger partial charge in [-0.05, 0) is 60.5 Å². The molecule has 17 heavy (non-hydrogen) atoms. The molecule has 0 unspecified atom stereocenters. The van der Waals surface area contributed by atoms with E-state index in [-0.39, 0.29) is 0 Å². The van der Waals surface area contributed by atoms with Crippen molar-refractivity contribution in [1.82, 2.24) is 10.3 Å². The van der Waals surface area contributed by atoms with Gasteiger partial charge in [-0.1, -0.05) is 18.7 Å². The number of nitrogens with zero attached hydrogens (tertiary/aromatic N) is 1. The summed E-state index contributed by atoms with van der Waals surface area (Å²) in [6.07, 6.45) is 10.6. The van der Waals surface area contributed by atoms with E-state index in [2.05, 4.69) is 29.0 Å². The molecule has 1 N–H and O–H groups in total. The first kappa shape index (κ1) is 10.7. The molecule has 0 aromatic carbocycles. The summed E-state index contributed by atoms with van der Waals surface area (Å²) in [4.78, 5) is 4.29. The summed E-state index contributed by atoms with van der Waals surface area (Å²) in [5.41, 5.74) is 3.85. The third kappa shape index (κ3) is 2.05. The van der Waals surface area contributed by atoms with Crippen LogP contribution >= 0.6 is 0 Å². The lowest BCUT2D eigenvalue weighted by Crippen LogP contribution is -2.33. The molecule has 1 aromatic heterocycles. The zero-order valence-corrected chi connectivity index (χ0v) is 10.0. The Kier molecular flexibility index (Phi) is 2.81. The van der Waals surface area contributed by atoms with Crippen LogP contribution in [0.15, 0.2) is 31.1 Å². The predicted molar refractivity (Wildman–Crippen MR) is 71.4 cm³/mol. The number of hydrogen-bond donors (Lipinski definition) is 1. The van der Waals surface area contributed by atoms with Crippen LogP contribution in [0.3, 0.4) is 0 Å². The number of fused-ring (bicyclic) bond motifs is 1. The highest BCUT2D eigenvalue weighted by atomic mass is 14.9. The summed E-state index contributed by atoms with van der Waals surface area (Å²) >= 11 is 0. The van der Waals surface area contributed by atoms with Crippen molar-refractivity contribution in [1.29, 1.82) is 0 Å². The Morgan fingerprint density at radius 2 is 2.35 bits per heavy atom. The molecule has 2 atom stereocenters. The van der Waals surface area contributed by atoms with E-state index in [9.17, 15) is 0 Å². The van der Waals surface area contributed by atoms with Gasteiger partial charge in [0, 0.05) is 12.4 Å². The molecule has 2 nitrogen and oxygen atoms in total. The molecule has 2 heterocycles. The second-order valence-corrected chi connectivity index (χ2v) is 5.02. The summed E-state index contributed by atoms with van der Waals surface area (Å²) in [5, 5.41) is 3.49. The van der Waals surface area contributed by atoms with E-state index in [0.29, 0.717) is 0 Å². The molecule has 0 spiro atoms. The van der Waals surface area contributed by atoms with Crippen molar-refractivity contribution < 1.29 is 0 Å². The minimum atomic E-state index is 0.777. The molecule has 1 aliphatic carbocycles. The Balaban J connectivity index is 1.87. The van der Waals surface area contributed by atoms with Crippen LogP contribution in [0.4, 0.5) is 0 Å². The number of aromatic nitrogens is 1. The SMILES string of the molecule is C=Cc1cncc(C2=C[C@H]3CCNC[C@H]3C2)c1. The fourth-order valence-corrected chi connectivity index (χ4v) is 2.95. The number of allylic oxidation sites excluding steroid dienone is 2. The molecule has 0 radical (unpaired) electrons. The molecule has 1 fully saturated rings. The molecule has 1 saturated heterocycles. The van der Waals surface area contributed by atoms with Crippen molar-refractivity contribution in [3.05, 3.63) is 42.2 Å². The van der Waals surface area contributed by atoms with Crippen molar-refractivity contribution in [3.63, 3.8) is 0 Å². The summed E-state index contributed by atoms with van der Waals surface area (Å²) in [6.45, 7) is 6.13. The Morgan fingerprint density at radius 1 is 1.41 bits per heavy atom. The lowest BCUT2D eigenvalue weighted by atomic mass is 9.89. The third-order valence-electron chi connectivity index (χ3n) is 3.93. The minimum absolute atomic E-state index is 0.777. The highest BCUT2D eigenvalue weighted by Gasteiger charge is 2.29. The number of rotatable bonds is 2. The second-order valence-electron chi connectivity index (χ2n) is 5.02. The zero-order chi connectivity index (χ0) is 11.7. The van der Waals surface area contributed by atoms with Gasteiger partial charge in [-0.15, -0.1) is 0 Å². The third-order valence-corrected chi connectivity index (χ3v) is 3.93. The fourth-order valence-electron chi connectivity index (χ4n) is 2.95. The van der Waals surface area contributed by atoms with E-state index < -0.39 is 0 Å². The Morgan fingerprint density at radius 3 is 3.18 bits per heavy atom. The highest BCUT2D eigenvalue weighted by Crippen LogP contribution is 2.38. The van der Waals surface area contributed by atoms with Gasteiger partial charge in [0.05, 0.1) is 0 Å². The van der Waals surface area contributed by atoms with Crippen LogP contribution in [0, 0.1) is 11.8 Å². The Labute approximate surface area is 102 Å². The summed E-state index contributed by atoms with van der Waals surface area (Å²) in [6, 6.07) is 2.19. The van der Waals surface area contributed by atoms with E-state index in [1.807, 2.05) is 18.5 Å². The molecular weight excluding hydrogens is 208 g/mol. The largest absolute Gasteiger partial charge is 0.316 e. The maximum atomic E-state index is 4.29. The van der Waals surface area contributed by atoms with E-state index in [1.165, 1.54) is 30.5 Å². The molecule has 0 amide bonds. The van der Waals surface area contributed by atoms with Crippen molar-refractivity contribution >= 4 is 11.6 Å². The first-order chi connectivity index (χ1) is 8.36. The monoisotopic (exact) mass is 226 g/mol. The van der Waals surface area contributed by atoms with Crippen LogP contribution in [0.5, 0.6) is 0 Å². The smallest absolute Gasteiger partial charge is 0.0343 e. The first-order valence-electron chi connectivity index (χ1n) is 6.36. The van der Waals surface area contributed by atoms with Gasteiger partial charge in [0.1, 0.15) is 0 Å². The summed E-state index contributed by atoms with van der Waals surface area (Å²) in [5.74, 6) is 1.57. The van der Waals surface area contributed by atoms with Gasteiger partial charge in [-0.3, -0.25) is 4.98 Å². The minimum Gasteiger partial charge on any atom is -0.316 e. The predicted octanol–water partition coefficient (Wildman–Crippen LogP) is 2.74. The fraction of sp³-hybridized carbons (Fsp3) is 0.400. The standard InChI is InChI=1S/C15H18N2/c1-2-11-5-14(10-17-8-11)13-6-12-3-4-16-9-15(12)7-13/h2,5-6,8,10,12,15-16H,1,3-4,7,9H2/t12-,15-/m1/s1. The van der Waals surface area contributed by atoms with Crippen molar-refractivity contribution in [3.8, 4) is 0 Å². The van der Waals surface area contributed by atoms with Gasteiger partial charge in [-0.25, -0.2) is 0 Å². The molecule has 2 heteroatoms. The van der Waals surface area contributed by atoms with Gasteiger partial charge in [0.15, 0.2) is 0 Å². The van der Waals surface area contributed by atoms with Crippen molar-refractivity contribution in [2.24, 2.45) is 11.8 Å². The topological polar surface area (TPSA) is 24.9 Å². The van der Waals surface area contributed by atoms with Crippen LogP contribution in [0.25, 0.3) is 11.6 Å². The van der Waals surface area contributed by atoms with Gasteiger partial charge in [-0.2, -0.15) is 0 Å². The van der Waals surface area contributed by atoms with Gasteiger partial charge >= 0.3 is 0 Å². The van der Waals surface area contributed by atoms with E-state index in [0.717, 1.165) is 23.9 Å². The lowest BCUT2D eigenvalue weighted by molar-refractivity contribution is 0.324. The van der Waals surface area contributed by atoms with Crippen LogP contribution < -0.4 is 5.32 Å². The average Bonchev–Trinajstić information content (AvgIpc) is 2.82. The first-order valence-corrected chi connectivity index (χ1v) is 6.36. The highest BCUT2D eigenvalue weighted by molar-refractivity contribution is 5.69. The Bertz CT molecular complexity index is 462. The van der Waals surface area contributed by atoms with Crippen LogP contribution in [-0.4, -0.2) is 18.1 Å². The molecule has 0 saturated carbocycles. The quantitative estimate of drug-likeness (QED) is 0.838. The number of pyridine rings is 1. The molecule has 2 aliphatic rings. The van der Waals surface area contributed by atoms with Crippen molar-refractivity contribution in [2.75, 3.05) is 13.1 Å². The maximum absolute atomic E-state index is 4.29. The van der Waals surface area contributed by atoms with E-state index >= 15 is 0 Å². The normalized spacial score (nSPS) is 27.4. The second kappa shape index (κ2) is 4.46. The van der Waals surface area contributed by atoms with Crippen molar-refractivity contribution in [2.45, 2.75) is 12.8 Å². The summed E-state index contributed by atoms with van der Waals surface area (Å²) < 4.78 is 0.